The smallest absolute Gasteiger partial charge is 0.193 e. The quantitative estimate of drug-likeness (QED) is 0.640. The van der Waals surface area contributed by atoms with Crippen LogP contribution in [0.15, 0.2) is 47.5 Å². The Morgan fingerprint density at radius 3 is 2.61 bits per heavy atom. The van der Waals surface area contributed by atoms with Gasteiger partial charge in [-0.1, -0.05) is 44.2 Å². The average molecular weight is 241 g/mol. The molecular formula is C15H19N3. The van der Waals surface area contributed by atoms with Crippen molar-refractivity contribution in [3.63, 3.8) is 0 Å². The fourth-order valence-electron chi connectivity index (χ4n) is 1.74. The van der Waals surface area contributed by atoms with Crippen LogP contribution >= 0.6 is 0 Å². The number of guanidine groups is 1. The lowest BCUT2D eigenvalue weighted by molar-refractivity contribution is 0.665. The van der Waals surface area contributed by atoms with Crippen LogP contribution in [-0.2, 0) is 0 Å². The summed E-state index contributed by atoms with van der Waals surface area (Å²) >= 11 is 0. The number of nitrogens with zero attached hydrogens (tertiary/aromatic N) is 1. The lowest BCUT2D eigenvalue weighted by Gasteiger charge is -2.07. The fourth-order valence-corrected chi connectivity index (χ4v) is 1.74. The molecule has 3 N–H and O–H groups in total. The number of fused-ring (bicyclic) bond motifs is 1. The summed E-state index contributed by atoms with van der Waals surface area (Å²) in [5, 5.41) is 5.53. The van der Waals surface area contributed by atoms with Crippen LogP contribution in [0, 0.1) is 5.92 Å². The van der Waals surface area contributed by atoms with Crippen LogP contribution in [0.25, 0.3) is 10.8 Å². The van der Waals surface area contributed by atoms with Crippen LogP contribution in [0.1, 0.15) is 13.8 Å². The van der Waals surface area contributed by atoms with Crippen molar-refractivity contribution in [2.45, 2.75) is 13.8 Å². The molecule has 0 aromatic heterocycles. The maximum atomic E-state index is 5.84. The number of hydrogen-bond acceptors (Lipinski definition) is 1. The Labute approximate surface area is 108 Å². The minimum atomic E-state index is 0.471. The van der Waals surface area contributed by atoms with Gasteiger partial charge in [-0.05, 0) is 28.8 Å². The van der Waals surface area contributed by atoms with Crippen molar-refractivity contribution < 1.29 is 0 Å². The SMILES string of the molecule is CC(C)CN=C(N)Nc1ccc2ccccc2c1. The summed E-state index contributed by atoms with van der Waals surface area (Å²) in [6.07, 6.45) is 0. The molecule has 2 aromatic rings. The zero-order valence-electron chi connectivity index (χ0n) is 10.9. The van der Waals surface area contributed by atoms with E-state index in [1.807, 2.05) is 18.2 Å². The second-order valence-corrected chi connectivity index (χ2v) is 4.81. The minimum Gasteiger partial charge on any atom is -0.370 e. The predicted molar refractivity (Wildman–Crippen MR) is 78.9 cm³/mol. The van der Waals surface area contributed by atoms with Crippen molar-refractivity contribution in [3.8, 4) is 0 Å². The van der Waals surface area contributed by atoms with Crippen molar-refractivity contribution >= 4 is 22.4 Å². The first-order chi connectivity index (χ1) is 8.65. The van der Waals surface area contributed by atoms with Gasteiger partial charge in [0.2, 0.25) is 0 Å². The van der Waals surface area contributed by atoms with Gasteiger partial charge in [0.1, 0.15) is 0 Å². The zero-order chi connectivity index (χ0) is 13.0. The lowest BCUT2D eigenvalue weighted by atomic mass is 10.1. The van der Waals surface area contributed by atoms with E-state index in [9.17, 15) is 0 Å². The fraction of sp³-hybridized carbons (Fsp3) is 0.267. The number of benzene rings is 2. The topological polar surface area (TPSA) is 50.4 Å². The van der Waals surface area contributed by atoms with Crippen LogP contribution in [-0.4, -0.2) is 12.5 Å². The Morgan fingerprint density at radius 1 is 1.17 bits per heavy atom. The number of aliphatic imine (C=N–C) groups is 1. The number of anilines is 1. The molecule has 3 nitrogen and oxygen atoms in total. The maximum absolute atomic E-state index is 5.84. The third-order valence-corrected chi connectivity index (χ3v) is 2.65. The molecule has 0 saturated heterocycles. The molecule has 2 aromatic carbocycles. The third-order valence-electron chi connectivity index (χ3n) is 2.65. The Morgan fingerprint density at radius 2 is 1.89 bits per heavy atom. The molecule has 0 aliphatic carbocycles. The van der Waals surface area contributed by atoms with Crippen LogP contribution < -0.4 is 11.1 Å². The zero-order valence-corrected chi connectivity index (χ0v) is 10.9. The first-order valence-electron chi connectivity index (χ1n) is 6.21. The second-order valence-electron chi connectivity index (χ2n) is 4.81. The molecule has 2 rings (SSSR count). The Balaban J connectivity index is 2.14. The normalized spacial score (nSPS) is 12.1. The van der Waals surface area contributed by atoms with E-state index in [1.165, 1.54) is 10.8 Å². The van der Waals surface area contributed by atoms with Gasteiger partial charge in [0.15, 0.2) is 5.96 Å². The Kier molecular flexibility index (Phi) is 3.82. The van der Waals surface area contributed by atoms with Gasteiger partial charge in [-0.3, -0.25) is 4.99 Å². The van der Waals surface area contributed by atoms with Gasteiger partial charge in [0, 0.05) is 12.2 Å². The maximum Gasteiger partial charge on any atom is 0.193 e. The molecule has 0 atom stereocenters. The van der Waals surface area contributed by atoms with E-state index in [0.29, 0.717) is 11.9 Å². The highest BCUT2D eigenvalue weighted by atomic mass is 15.1. The van der Waals surface area contributed by atoms with Gasteiger partial charge < -0.3 is 11.1 Å². The minimum absolute atomic E-state index is 0.471. The van der Waals surface area contributed by atoms with Crippen molar-refractivity contribution in [2.75, 3.05) is 11.9 Å². The molecule has 94 valence electrons. The van der Waals surface area contributed by atoms with Crippen molar-refractivity contribution in [3.05, 3.63) is 42.5 Å². The molecule has 0 fully saturated rings. The first-order valence-corrected chi connectivity index (χ1v) is 6.21. The molecule has 0 bridgehead atoms. The highest BCUT2D eigenvalue weighted by molar-refractivity contribution is 5.95. The summed E-state index contributed by atoms with van der Waals surface area (Å²) in [5.41, 5.74) is 6.81. The van der Waals surface area contributed by atoms with Gasteiger partial charge in [0.25, 0.3) is 0 Å². The van der Waals surface area contributed by atoms with Gasteiger partial charge >= 0.3 is 0 Å². The molecule has 0 heterocycles. The van der Waals surface area contributed by atoms with E-state index >= 15 is 0 Å². The summed E-state index contributed by atoms with van der Waals surface area (Å²) in [7, 11) is 0. The molecular weight excluding hydrogens is 222 g/mol. The molecule has 0 aliphatic rings. The van der Waals surface area contributed by atoms with Crippen LogP contribution in [0.3, 0.4) is 0 Å². The number of nitrogens with one attached hydrogen (secondary N) is 1. The highest BCUT2D eigenvalue weighted by Gasteiger charge is 1.98. The molecule has 0 radical (unpaired) electrons. The predicted octanol–water partition coefficient (Wildman–Crippen LogP) is 3.22. The summed E-state index contributed by atoms with van der Waals surface area (Å²) in [6.45, 7) is 4.98. The van der Waals surface area contributed by atoms with E-state index in [1.54, 1.807) is 0 Å². The van der Waals surface area contributed by atoms with E-state index in [0.717, 1.165) is 12.2 Å². The number of nitrogens with two attached hydrogens (primary N) is 1. The van der Waals surface area contributed by atoms with E-state index < -0.39 is 0 Å². The van der Waals surface area contributed by atoms with Crippen molar-refractivity contribution in [1.29, 1.82) is 0 Å². The number of rotatable bonds is 3. The average Bonchev–Trinajstić information content (AvgIpc) is 2.36. The molecule has 0 saturated carbocycles. The monoisotopic (exact) mass is 241 g/mol. The highest BCUT2D eigenvalue weighted by Crippen LogP contribution is 2.18. The third kappa shape index (κ3) is 3.23. The van der Waals surface area contributed by atoms with Crippen LogP contribution in [0.5, 0.6) is 0 Å². The standard InChI is InChI=1S/C15H19N3/c1-11(2)10-17-15(16)18-14-8-7-12-5-3-4-6-13(12)9-14/h3-9,11H,10H2,1-2H3,(H3,16,17,18). The molecule has 3 heteroatoms. The summed E-state index contributed by atoms with van der Waals surface area (Å²) in [4.78, 5) is 4.28. The van der Waals surface area contributed by atoms with Gasteiger partial charge in [-0.25, -0.2) is 0 Å². The largest absolute Gasteiger partial charge is 0.370 e. The lowest BCUT2D eigenvalue weighted by Crippen LogP contribution is -2.23. The van der Waals surface area contributed by atoms with Crippen LogP contribution in [0.4, 0.5) is 5.69 Å². The molecule has 0 spiro atoms. The van der Waals surface area contributed by atoms with Gasteiger partial charge in [-0.15, -0.1) is 0 Å². The Hall–Kier alpha value is -2.03. The number of hydrogen-bond donors (Lipinski definition) is 2. The Bertz CT molecular complexity index is 558. The molecule has 0 amide bonds. The molecule has 18 heavy (non-hydrogen) atoms. The van der Waals surface area contributed by atoms with Crippen LogP contribution in [0.2, 0.25) is 0 Å². The summed E-state index contributed by atoms with van der Waals surface area (Å²) in [6, 6.07) is 14.4. The second kappa shape index (κ2) is 5.54. The molecule has 0 aliphatic heterocycles. The van der Waals surface area contributed by atoms with E-state index in [4.69, 9.17) is 5.73 Å². The summed E-state index contributed by atoms with van der Waals surface area (Å²) in [5.74, 6) is 0.987. The summed E-state index contributed by atoms with van der Waals surface area (Å²) < 4.78 is 0. The van der Waals surface area contributed by atoms with Crippen molar-refractivity contribution in [1.82, 2.24) is 0 Å². The van der Waals surface area contributed by atoms with Gasteiger partial charge in [0.05, 0.1) is 0 Å². The van der Waals surface area contributed by atoms with Gasteiger partial charge in [-0.2, -0.15) is 0 Å². The van der Waals surface area contributed by atoms with E-state index in [2.05, 4.69) is 48.4 Å². The molecule has 0 unspecified atom stereocenters. The first kappa shape index (κ1) is 12.4. The van der Waals surface area contributed by atoms with Crippen molar-refractivity contribution in [2.24, 2.45) is 16.6 Å². The van der Waals surface area contributed by atoms with E-state index in [-0.39, 0.29) is 0 Å².